The third-order valence-corrected chi connectivity index (χ3v) is 6.00. The number of nitrogens with zero attached hydrogens (tertiary/aromatic N) is 7. The fourth-order valence-electron chi connectivity index (χ4n) is 4.27. The van der Waals surface area contributed by atoms with Gasteiger partial charge in [0.15, 0.2) is 6.21 Å². The second-order valence-corrected chi connectivity index (χ2v) is 8.22. The minimum atomic E-state index is -0.206. The smallest absolute Gasteiger partial charge is 0.213 e. The Kier molecular flexibility index (Phi) is 4.60. The average molecular weight is 415 g/mol. The number of aromatic amines is 1. The summed E-state index contributed by atoms with van der Waals surface area (Å²) in [5.74, 6) is 0.399. The first kappa shape index (κ1) is 19.1. The third-order valence-electron chi connectivity index (χ3n) is 6.00. The number of anilines is 1. The van der Waals surface area contributed by atoms with Crippen LogP contribution in [0, 0.1) is 16.7 Å². The van der Waals surface area contributed by atoms with Crippen LogP contribution in [0.25, 0.3) is 22.5 Å². The Morgan fingerprint density at radius 2 is 2.23 bits per heavy atom. The van der Waals surface area contributed by atoms with Gasteiger partial charge in [-0.2, -0.15) is 15.5 Å². The molecule has 10 nitrogen and oxygen atoms in total. The molecular formula is C21H23N10+. The first-order chi connectivity index (χ1) is 15.0. The molecule has 10 heteroatoms. The molecule has 2 aliphatic rings. The Bertz CT molecular complexity index is 1260. The summed E-state index contributed by atoms with van der Waals surface area (Å²) in [5, 5.41) is 25.2. The maximum Gasteiger partial charge on any atom is 0.213 e. The predicted molar refractivity (Wildman–Crippen MR) is 117 cm³/mol. The van der Waals surface area contributed by atoms with E-state index in [1.807, 2.05) is 18.5 Å². The van der Waals surface area contributed by atoms with Crippen LogP contribution in [0.4, 0.5) is 5.82 Å². The van der Waals surface area contributed by atoms with Gasteiger partial charge in [-0.3, -0.25) is 5.10 Å². The normalized spacial score (nSPS) is 24.6. The summed E-state index contributed by atoms with van der Waals surface area (Å²) in [6, 6.07) is 6.20. The van der Waals surface area contributed by atoms with Crippen LogP contribution in [0.2, 0.25) is 0 Å². The number of H-pyrrole nitrogens is 1. The Morgan fingerprint density at radius 3 is 2.97 bits per heavy atom. The molecule has 0 spiro atoms. The molecule has 156 valence electrons. The summed E-state index contributed by atoms with van der Waals surface area (Å²) in [5.41, 5.74) is 15.5. The zero-order valence-corrected chi connectivity index (χ0v) is 16.9. The Labute approximate surface area is 178 Å². The number of hydrogen-bond acceptors (Lipinski definition) is 7. The highest BCUT2D eigenvalue weighted by molar-refractivity contribution is 6.12. The van der Waals surface area contributed by atoms with Gasteiger partial charge in [0, 0.05) is 12.1 Å². The van der Waals surface area contributed by atoms with Gasteiger partial charge in [-0.05, 0) is 36.9 Å². The highest BCUT2D eigenvalue weighted by Crippen LogP contribution is 2.37. The number of nitriles is 1. The SMILES string of the molecule is N#CCC1(/C=[N+]2\C=C(c3nc(-c4cc(N)n[nH]4)cn4nccc34)C=N2)CCC(N)CC1. The average Bonchev–Trinajstić information content (AvgIpc) is 3.50. The lowest BCUT2D eigenvalue weighted by Crippen LogP contribution is -2.36. The van der Waals surface area contributed by atoms with E-state index in [9.17, 15) is 5.26 Å². The molecule has 0 aromatic carbocycles. The molecule has 0 atom stereocenters. The van der Waals surface area contributed by atoms with Crippen LogP contribution < -0.4 is 11.5 Å². The van der Waals surface area contributed by atoms with E-state index in [1.54, 1.807) is 27.7 Å². The Hall–Kier alpha value is -3.84. The van der Waals surface area contributed by atoms with E-state index in [4.69, 9.17) is 16.5 Å². The topological polar surface area (TPSA) is 150 Å². The number of nitrogen functional groups attached to an aromatic ring is 1. The largest absolute Gasteiger partial charge is 0.382 e. The third kappa shape index (κ3) is 3.60. The summed E-state index contributed by atoms with van der Waals surface area (Å²) in [7, 11) is 0. The molecule has 0 bridgehead atoms. The molecule has 1 aliphatic carbocycles. The minimum Gasteiger partial charge on any atom is -0.382 e. The van der Waals surface area contributed by atoms with Gasteiger partial charge in [-0.25, -0.2) is 9.50 Å². The lowest BCUT2D eigenvalue weighted by Gasteiger charge is -2.32. The van der Waals surface area contributed by atoms with Crippen molar-refractivity contribution in [3.05, 3.63) is 36.4 Å². The Balaban J connectivity index is 1.53. The summed E-state index contributed by atoms with van der Waals surface area (Å²) in [6.45, 7) is 0. The summed E-state index contributed by atoms with van der Waals surface area (Å²) in [4.78, 5) is 4.83. The minimum absolute atomic E-state index is 0.206. The Morgan fingerprint density at radius 1 is 1.39 bits per heavy atom. The summed E-state index contributed by atoms with van der Waals surface area (Å²) >= 11 is 0. The zero-order valence-electron chi connectivity index (χ0n) is 16.9. The zero-order chi connectivity index (χ0) is 21.4. The van der Waals surface area contributed by atoms with Crippen LogP contribution in [0.1, 0.15) is 37.8 Å². The number of hydrogen-bond donors (Lipinski definition) is 3. The van der Waals surface area contributed by atoms with Crippen molar-refractivity contribution in [3.8, 4) is 17.5 Å². The second kappa shape index (κ2) is 7.45. The van der Waals surface area contributed by atoms with Crippen molar-refractivity contribution >= 4 is 29.3 Å². The second-order valence-electron chi connectivity index (χ2n) is 8.22. The highest BCUT2D eigenvalue weighted by atomic mass is 15.4. The van der Waals surface area contributed by atoms with Gasteiger partial charge < -0.3 is 11.5 Å². The number of nitrogens with one attached hydrogen (secondary N) is 1. The molecule has 3 aromatic heterocycles. The molecule has 31 heavy (non-hydrogen) atoms. The number of fused-ring (bicyclic) bond motifs is 1. The standard InChI is InChI=1S/C21H23N10/c22-7-6-21(4-1-15(23)2-5-21)13-30-11-14(10-26-30)20-18-3-8-25-31(18)12-17(27-20)16-9-19(24)29-28-16/h3,8-13,15H,1-2,4-6,23H2,(H3,24,28,29)/q+1/b30-13+. The molecule has 1 saturated carbocycles. The lowest BCUT2D eigenvalue weighted by molar-refractivity contribution is -0.456. The van der Waals surface area contributed by atoms with Crippen molar-refractivity contribution < 1.29 is 4.68 Å². The fourth-order valence-corrected chi connectivity index (χ4v) is 4.27. The van der Waals surface area contributed by atoms with Gasteiger partial charge in [0.1, 0.15) is 23.4 Å². The van der Waals surface area contributed by atoms with Gasteiger partial charge in [-0.1, -0.05) is 4.68 Å². The molecule has 0 amide bonds. The maximum atomic E-state index is 9.38. The summed E-state index contributed by atoms with van der Waals surface area (Å²) in [6.07, 6.45) is 13.4. The van der Waals surface area contributed by atoms with Crippen molar-refractivity contribution in [2.75, 3.05) is 5.73 Å². The first-order valence-corrected chi connectivity index (χ1v) is 10.2. The van der Waals surface area contributed by atoms with Gasteiger partial charge in [0.25, 0.3) is 0 Å². The van der Waals surface area contributed by atoms with E-state index >= 15 is 0 Å². The van der Waals surface area contributed by atoms with Crippen molar-refractivity contribution in [2.24, 2.45) is 16.3 Å². The highest BCUT2D eigenvalue weighted by Gasteiger charge is 2.37. The van der Waals surface area contributed by atoms with E-state index in [1.165, 1.54) is 0 Å². The monoisotopic (exact) mass is 415 g/mol. The van der Waals surface area contributed by atoms with Gasteiger partial charge in [0.05, 0.1) is 47.1 Å². The van der Waals surface area contributed by atoms with Crippen LogP contribution in [0.3, 0.4) is 0 Å². The van der Waals surface area contributed by atoms with E-state index < -0.39 is 0 Å². The first-order valence-electron chi connectivity index (χ1n) is 10.2. The number of aromatic nitrogens is 5. The van der Waals surface area contributed by atoms with E-state index in [2.05, 4.69) is 32.7 Å². The van der Waals surface area contributed by atoms with Crippen molar-refractivity contribution in [2.45, 2.75) is 38.1 Å². The van der Waals surface area contributed by atoms with Crippen molar-refractivity contribution in [3.63, 3.8) is 0 Å². The maximum absolute atomic E-state index is 9.38. The van der Waals surface area contributed by atoms with Crippen LogP contribution in [0.5, 0.6) is 0 Å². The number of hydrazone groups is 1. The van der Waals surface area contributed by atoms with E-state index in [0.717, 1.165) is 42.5 Å². The number of nitrogens with two attached hydrogens (primary N) is 2. The number of allylic oxidation sites excluding steroid dienone is 1. The molecule has 5 N–H and O–H groups in total. The van der Waals surface area contributed by atoms with Crippen LogP contribution >= 0.6 is 0 Å². The predicted octanol–water partition coefficient (Wildman–Crippen LogP) is 1.93. The lowest BCUT2D eigenvalue weighted by atomic mass is 9.71. The van der Waals surface area contributed by atoms with Crippen molar-refractivity contribution in [1.82, 2.24) is 24.8 Å². The molecule has 5 rings (SSSR count). The molecule has 0 unspecified atom stereocenters. The van der Waals surface area contributed by atoms with Crippen LogP contribution in [-0.2, 0) is 0 Å². The van der Waals surface area contributed by atoms with Gasteiger partial charge in [-0.15, -0.1) is 0 Å². The molecule has 1 fully saturated rings. The molecule has 0 radical (unpaired) electrons. The van der Waals surface area contributed by atoms with Crippen LogP contribution in [-0.4, -0.2) is 48.0 Å². The molecular weight excluding hydrogens is 392 g/mol. The van der Waals surface area contributed by atoms with Crippen LogP contribution in [0.15, 0.2) is 35.8 Å². The van der Waals surface area contributed by atoms with Gasteiger partial charge in [0.2, 0.25) is 6.20 Å². The van der Waals surface area contributed by atoms with E-state index in [-0.39, 0.29) is 11.5 Å². The molecule has 4 heterocycles. The quantitative estimate of drug-likeness (QED) is 0.554. The van der Waals surface area contributed by atoms with E-state index in [0.29, 0.717) is 23.6 Å². The van der Waals surface area contributed by atoms with Gasteiger partial charge >= 0.3 is 0 Å². The van der Waals surface area contributed by atoms with Crippen molar-refractivity contribution in [1.29, 1.82) is 5.26 Å². The fraction of sp³-hybridized carbons (Fsp3) is 0.333. The summed E-state index contributed by atoms with van der Waals surface area (Å²) < 4.78 is 3.58. The molecule has 0 saturated heterocycles. The molecule has 3 aromatic rings. The number of rotatable bonds is 4. The molecule has 1 aliphatic heterocycles.